The van der Waals surface area contributed by atoms with Gasteiger partial charge >= 0.3 is 0 Å². The number of hydrazine groups is 1. The van der Waals surface area contributed by atoms with Crippen LogP contribution in [0.25, 0.3) is 11.4 Å². The number of hydrogen-bond donors (Lipinski definition) is 3. The van der Waals surface area contributed by atoms with Crippen LogP contribution in [0, 0.1) is 0 Å². The van der Waals surface area contributed by atoms with Gasteiger partial charge in [-0.3, -0.25) is 4.79 Å². The van der Waals surface area contributed by atoms with Crippen molar-refractivity contribution in [3.63, 3.8) is 0 Å². The third-order valence-electron chi connectivity index (χ3n) is 3.50. The minimum Gasteiger partial charge on any atom is -0.396 e. The van der Waals surface area contributed by atoms with Crippen molar-refractivity contribution in [2.45, 2.75) is 0 Å². The van der Waals surface area contributed by atoms with Crippen LogP contribution in [0.1, 0.15) is 21.5 Å². The maximum Gasteiger partial charge on any atom is 0.256 e. The predicted molar refractivity (Wildman–Crippen MR) is 83.8 cm³/mol. The zero-order chi connectivity index (χ0) is 15.0. The lowest BCUT2D eigenvalue weighted by Gasteiger charge is -2.25. The molecule has 0 saturated heterocycles. The number of fused-ring (bicyclic) bond motifs is 2. The minimum absolute atomic E-state index is 0.176. The Morgan fingerprint density at radius 3 is 2.19 bits per heavy atom. The fourth-order valence-corrected chi connectivity index (χ4v) is 2.56. The van der Waals surface area contributed by atoms with Gasteiger partial charge in [0, 0.05) is 23.7 Å². The second-order valence-corrected chi connectivity index (χ2v) is 4.92. The summed E-state index contributed by atoms with van der Waals surface area (Å²) in [4.78, 5) is 12.5. The number of hydrogen-bond acceptors (Lipinski definition) is 4. The summed E-state index contributed by atoms with van der Waals surface area (Å²) < 4.78 is 0. The smallest absolute Gasteiger partial charge is 0.256 e. The Hall–Kier alpha value is -2.79. The molecular formula is C16H16N4O. The Labute approximate surface area is 122 Å². The van der Waals surface area contributed by atoms with Crippen molar-refractivity contribution < 1.29 is 4.79 Å². The van der Waals surface area contributed by atoms with Crippen LogP contribution < -0.4 is 16.9 Å². The number of nitrogens with one attached hydrogen (secondary N) is 1. The largest absolute Gasteiger partial charge is 0.396 e. The molecule has 1 aliphatic rings. The van der Waals surface area contributed by atoms with E-state index in [2.05, 4.69) is 5.32 Å². The lowest BCUT2D eigenvalue weighted by atomic mass is 9.96. The number of nitrogens with zero attached hydrogens (tertiary/aromatic N) is 1. The minimum atomic E-state index is -0.176. The van der Waals surface area contributed by atoms with Crippen molar-refractivity contribution in [2.75, 3.05) is 12.4 Å². The van der Waals surface area contributed by atoms with Gasteiger partial charge in [0.25, 0.3) is 5.91 Å². The summed E-state index contributed by atoms with van der Waals surface area (Å²) in [5.41, 5.74) is 10.2. The molecule has 1 amide bonds. The standard InChI is InChI=1S/C16H16N4O/c1-20(18)15-10-6-2-3-7-11(10)16(21)19-13-9-5-4-8-12(13)14(15)17/h2-9H,17-18H2,1H3,(H,19,21). The molecule has 3 rings (SSSR count). The molecule has 106 valence electrons. The summed E-state index contributed by atoms with van der Waals surface area (Å²) in [6, 6.07) is 14.7. The summed E-state index contributed by atoms with van der Waals surface area (Å²) in [7, 11) is 1.71. The number of rotatable bonds is 1. The average molecular weight is 280 g/mol. The Morgan fingerprint density at radius 2 is 1.52 bits per heavy atom. The van der Waals surface area contributed by atoms with E-state index in [0.717, 1.165) is 5.56 Å². The van der Waals surface area contributed by atoms with Gasteiger partial charge in [0.2, 0.25) is 0 Å². The maximum atomic E-state index is 12.5. The molecule has 5 heteroatoms. The molecule has 0 radical (unpaired) electrons. The van der Waals surface area contributed by atoms with Gasteiger partial charge in [-0.25, -0.2) is 5.84 Å². The highest BCUT2D eigenvalue weighted by atomic mass is 16.1. The molecule has 1 heterocycles. The van der Waals surface area contributed by atoms with Gasteiger partial charge < -0.3 is 16.1 Å². The maximum absolute atomic E-state index is 12.5. The van der Waals surface area contributed by atoms with Crippen molar-refractivity contribution in [1.29, 1.82) is 0 Å². The first-order valence-electron chi connectivity index (χ1n) is 6.58. The van der Waals surface area contributed by atoms with E-state index in [-0.39, 0.29) is 5.91 Å². The third-order valence-corrected chi connectivity index (χ3v) is 3.50. The zero-order valence-electron chi connectivity index (χ0n) is 11.6. The molecule has 0 aromatic heterocycles. The van der Waals surface area contributed by atoms with Crippen LogP contribution in [-0.2, 0) is 0 Å². The average Bonchev–Trinajstić information content (AvgIpc) is 2.47. The highest BCUT2D eigenvalue weighted by Crippen LogP contribution is 2.32. The summed E-state index contributed by atoms with van der Waals surface area (Å²) in [5, 5.41) is 4.34. The zero-order valence-corrected chi connectivity index (χ0v) is 11.6. The highest BCUT2D eigenvalue weighted by molar-refractivity contribution is 6.12. The van der Waals surface area contributed by atoms with Gasteiger partial charge in [-0.1, -0.05) is 36.4 Å². The van der Waals surface area contributed by atoms with Crippen molar-refractivity contribution >= 4 is 23.0 Å². The van der Waals surface area contributed by atoms with E-state index in [4.69, 9.17) is 11.6 Å². The van der Waals surface area contributed by atoms with Gasteiger partial charge in [0.15, 0.2) is 0 Å². The van der Waals surface area contributed by atoms with Crippen molar-refractivity contribution in [3.8, 4) is 0 Å². The van der Waals surface area contributed by atoms with Crippen LogP contribution in [0.15, 0.2) is 48.5 Å². The fraction of sp³-hybridized carbons (Fsp3) is 0.0625. The topological polar surface area (TPSA) is 84.4 Å². The molecule has 1 aliphatic heterocycles. The Bertz CT molecular complexity index is 749. The van der Waals surface area contributed by atoms with Crippen LogP contribution in [0.3, 0.4) is 0 Å². The summed E-state index contributed by atoms with van der Waals surface area (Å²) in [6.45, 7) is 0. The van der Waals surface area contributed by atoms with Crippen LogP contribution >= 0.6 is 0 Å². The molecule has 0 fully saturated rings. The molecule has 0 aliphatic carbocycles. The number of carbonyl (C=O) groups is 1. The Balaban J connectivity index is 2.38. The normalized spacial score (nSPS) is 17.1. The van der Waals surface area contributed by atoms with Gasteiger partial charge in [-0.15, -0.1) is 0 Å². The predicted octanol–water partition coefficient (Wildman–Crippen LogP) is 1.84. The van der Waals surface area contributed by atoms with E-state index >= 15 is 0 Å². The van der Waals surface area contributed by atoms with E-state index < -0.39 is 0 Å². The second kappa shape index (κ2) is 4.96. The van der Waals surface area contributed by atoms with Crippen molar-refractivity contribution in [1.82, 2.24) is 5.01 Å². The fourth-order valence-electron chi connectivity index (χ4n) is 2.56. The molecule has 0 spiro atoms. The molecular weight excluding hydrogens is 264 g/mol. The molecule has 0 bridgehead atoms. The second-order valence-electron chi connectivity index (χ2n) is 4.92. The number of para-hydroxylation sites is 1. The monoisotopic (exact) mass is 280 g/mol. The molecule has 0 saturated carbocycles. The van der Waals surface area contributed by atoms with Gasteiger partial charge in [-0.2, -0.15) is 0 Å². The van der Waals surface area contributed by atoms with E-state index in [1.165, 1.54) is 5.01 Å². The van der Waals surface area contributed by atoms with Crippen LogP contribution in [0.4, 0.5) is 5.69 Å². The SMILES string of the molecule is CN(N)/C1=C(\N)c2ccccc2NC(=O)c2ccccc21. The molecule has 0 atom stereocenters. The summed E-state index contributed by atoms with van der Waals surface area (Å²) in [6.07, 6.45) is 0. The number of amides is 1. The van der Waals surface area contributed by atoms with E-state index in [0.29, 0.717) is 28.2 Å². The number of anilines is 1. The molecule has 21 heavy (non-hydrogen) atoms. The lowest BCUT2D eigenvalue weighted by Crippen LogP contribution is -2.29. The third kappa shape index (κ3) is 2.13. The Morgan fingerprint density at radius 1 is 0.952 bits per heavy atom. The van der Waals surface area contributed by atoms with Crippen molar-refractivity contribution in [3.05, 3.63) is 65.2 Å². The van der Waals surface area contributed by atoms with Gasteiger partial charge in [0.05, 0.1) is 17.1 Å². The van der Waals surface area contributed by atoms with Crippen LogP contribution in [0.2, 0.25) is 0 Å². The van der Waals surface area contributed by atoms with Crippen LogP contribution in [0.5, 0.6) is 0 Å². The molecule has 2 aromatic rings. The molecule has 5 nitrogen and oxygen atoms in total. The molecule has 5 N–H and O–H groups in total. The van der Waals surface area contributed by atoms with Crippen LogP contribution in [-0.4, -0.2) is 18.0 Å². The highest BCUT2D eigenvalue weighted by Gasteiger charge is 2.23. The summed E-state index contributed by atoms with van der Waals surface area (Å²) >= 11 is 0. The number of carbonyl (C=O) groups excluding carboxylic acids is 1. The van der Waals surface area contributed by atoms with Gasteiger partial charge in [0.1, 0.15) is 0 Å². The van der Waals surface area contributed by atoms with E-state index in [9.17, 15) is 4.79 Å². The summed E-state index contributed by atoms with van der Waals surface area (Å²) in [5.74, 6) is 5.78. The van der Waals surface area contributed by atoms with Crippen molar-refractivity contribution in [2.24, 2.45) is 11.6 Å². The first-order chi connectivity index (χ1) is 10.1. The Kier molecular flexibility index (Phi) is 3.12. The molecule has 0 unspecified atom stereocenters. The van der Waals surface area contributed by atoms with E-state index in [1.54, 1.807) is 13.1 Å². The first kappa shape index (κ1) is 13.2. The number of nitrogens with two attached hydrogens (primary N) is 2. The lowest BCUT2D eigenvalue weighted by molar-refractivity contribution is 0.102. The van der Waals surface area contributed by atoms with E-state index in [1.807, 2.05) is 42.5 Å². The molecule has 2 aromatic carbocycles. The number of benzene rings is 2. The quantitative estimate of drug-likeness (QED) is 0.549. The first-order valence-corrected chi connectivity index (χ1v) is 6.58. The van der Waals surface area contributed by atoms with Gasteiger partial charge in [-0.05, 0) is 12.1 Å².